The average molecular weight is 458 g/mol. The molecule has 0 N–H and O–H groups in total. The van der Waals surface area contributed by atoms with Gasteiger partial charge in [0.2, 0.25) is 0 Å². The molecule has 0 bridgehead atoms. The molecule has 4 rings (SSSR count). The molecule has 1 saturated heterocycles. The second-order valence-corrected chi connectivity index (χ2v) is 8.22. The molecule has 166 valence electrons. The van der Waals surface area contributed by atoms with Crippen molar-refractivity contribution in [3.8, 4) is 28.8 Å². The van der Waals surface area contributed by atoms with Crippen LogP contribution in [0.3, 0.4) is 0 Å². The van der Waals surface area contributed by atoms with Crippen molar-refractivity contribution < 1.29 is 17.9 Å². The van der Waals surface area contributed by atoms with Crippen molar-refractivity contribution >= 4 is 16.5 Å². The molecule has 4 nitrogen and oxygen atoms in total. The third-order valence-corrected chi connectivity index (χ3v) is 6.17. The average Bonchev–Trinajstić information content (AvgIpc) is 3.30. The number of rotatable bonds is 4. The highest BCUT2D eigenvalue weighted by atomic mass is 32.1. The summed E-state index contributed by atoms with van der Waals surface area (Å²) in [4.78, 5) is 9.30. The molecule has 0 amide bonds. The SMILES string of the molecule is COc1ccc(-c2csc(N3CCN(CC#Cc4ccc(C(F)(F)F)cc4)CC3)n2)cc1. The Labute approximate surface area is 189 Å². The number of hydrogen-bond acceptors (Lipinski definition) is 5. The predicted octanol–water partition coefficient (Wildman–Crippen LogP) is 5.01. The number of methoxy groups -OCH3 is 1. The van der Waals surface area contributed by atoms with E-state index in [2.05, 4.69) is 27.0 Å². The minimum atomic E-state index is -4.32. The van der Waals surface area contributed by atoms with E-state index in [0.717, 1.165) is 60.5 Å². The topological polar surface area (TPSA) is 28.6 Å². The molecular weight excluding hydrogens is 435 g/mol. The maximum Gasteiger partial charge on any atom is 0.416 e. The van der Waals surface area contributed by atoms with Crippen LogP contribution in [0, 0.1) is 11.8 Å². The van der Waals surface area contributed by atoms with Gasteiger partial charge in [-0.1, -0.05) is 11.8 Å². The van der Waals surface area contributed by atoms with Gasteiger partial charge in [-0.3, -0.25) is 4.90 Å². The lowest BCUT2D eigenvalue weighted by molar-refractivity contribution is -0.137. The molecule has 0 radical (unpaired) electrons. The molecule has 8 heteroatoms. The zero-order valence-electron chi connectivity index (χ0n) is 17.5. The fourth-order valence-electron chi connectivity index (χ4n) is 3.40. The number of thiazole rings is 1. The van der Waals surface area contributed by atoms with Crippen molar-refractivity contribution in [2.24, 2.45) is 0 Å². The number of halogens is 3. The largest absolute Gasteiger partial charge is 0.497 e. The Balaban J connectivity index is 1.28. The fraction of sp³-hybridized carbons (Fsp3) is 0.292. The van der Waals surface area contributed by atoms with Crippen LogP contribution >= 0.6 is 11.3 Å². The first kappa shape index (κ1) is 22.2. The Hall–Kier alpha value is -3.02. The summed E-state index contributed by atoms with van der Waals surface area (Å²) >= 11 is 1.64. The molecule has 0 spiro atoms. The first-order valence-electron chi connectivity index (χ1n) is 10.2. The summed E-state index contributed by atoms with van der Waals surface area (Å²) in [5.41, 5.74) is 1.95. The van der Waals surface area contributed by atoms with Gasteiger partial charge in [-0.25, -0.2) is 4.98 Å². The van der Waals surface area contributed by atoms with E-state index in [4.69, 9.17) is 9.72 Å². The second-order valence-electron chi connectivity index (χ2n) is 7.38. The molecule has 1 aromatic heterocycles. The molecule has 1 aliphatic rings. The van der Waals surface area contributed by atoms with Crippen molar-refractivity contribution in [2.75, 3.05) is 44.7 Å². The molecule has 3 aromatic rings. The zero-order valence-corrected chi connectivity index (χ0v) is 18.3. The van der Waals surface area contributed by atoms with Crippen LogP contribution in [0.25, 0.3) is 11.3 Å². The maximum atomic E-state index is 12.6. The van der Waals surface area contributed by atoms with E-state index < -0.39 is 11.7 Å². The summed E-state index contributed by atoms with van der Waals surface area (Å²) in [6, 6.07) is 12.8. The summed E-state index contributed by atoms with van der Waals surface area (Å²) < 4.78 is 43.1. The third kappa shape index (κ3) is 5.42. The van der Waals surface area contributed by atoms with Crippen LogP contribution in [0.1, 0.15) is 11.1 Å². The number of alkyl halides is 3. The van der Waals surface area contributed by atoms with E-state index >= 15 is 0 Å². The number of nitrogens with zero attached hydrogens (tertiary/aromatic N) is 3. The standard InChI is InChI=1S/C24H22F3N3OS/c1-31-21-10-6-19(7-11-21)22-17-32-23(28-22)30-15-13-29(14-16-30)12-2-3-18-4-8-20(9-5-18)24(25,26)27/h4-11,17H,12-16H2,1H3. The number of ether oxygens (including phenoxy) is 1. The Bertz CT molecular complexity index is 1090. The lowest BCUT2D eigenvalue weighted by atomic mass is 10.1. The molecule has 0 aliphatic carbocycles. The number of aromatic nitrogens is 1. The van der Waals surface area contributed by atoms with Crippen LogP contribution in [0.4, 0.5) is 18.3 Å². The Kier molecular flexibility index (Phi) is 6.68. The van der Waals surface area contributed by atoms with Crippen LogP contribution in [0.5, 0.6) is 5.75 Å². The van der Waals surface area contributed by atoms with E-state index in [1.807, 2.05) is 24.3 Å². The zero-order chi connectivity index (χ0) is 22.6. The second kappa shape index (κ2) is 9.63. The molecule has 1 aliphatic heterocycles. The molecule has 1 fully saturated rings. The Morgan fingerprint density at radius 3 is 2.31 bits per heavy atom. The number of anilines is 1. The van der Waals surface area contributed by atoms with Gasteiger partial charge in [0.15, 0.2) is 5.13 Å². The monoisotopic (exact) mass is 457 g/mol. The number of piperazine rings is 1. The normalized spacial score (nSPS) is 14.7. The Morgan fingerprint density at radius 1 is 1.00 bits per heavy atom. The van der Waals surface area contributed by atoms with Crippen LogP contribution in [0.15, 0.2) is 53.9 Å². The highest BCUT2D eigenvalue weighted by Crippen LogP contribution is 2.30. The highest BCUT2D eigenvalue weighted by molar-refractivity contribution is 7.14. The predicted molar refractivity (Wildman–Crippen MR) is 121 cm³/mol. The van der Waals surface area contributed by atoms with Crippen molar-refractivity contribution in [1.29, 1.82) is 0 Å². The molecule has 2 aromatic carbocycles. The van der Waals surface area contributed by atoms with Gasteiger partial charge in [0.05, 0.1) is 24.9 Å². The summed E-state index contributed by atoms with van der Waals surface area (Å²) in [7, 11) is 1.65. The van der Waals surface area contributed by atoms with Crippen molar-refractivity contribution in [1.82, 2.24) is 9.88 Å². The molecule has 2 heterocycles. The van der Waals surface area contributed by atoms with Gasteiger partial charge in [-0.2, -0.15) is 13.2 Å². The van der Waals surface area contributed by atoms with E-state index in [1.165, 1.54) is 12.1 Å². The van der Waals surface area contributed by atoms with E-state index in [0.29, 0.717) is 12.1 Å². The molecule has 0 saturated carbocycles. The molecular formula is C24H22F3N3OS. The lowest BCUT2D eigenvalue weighted by Crippen LogP contribution is -2.46. The highest BCUT2D eigenvalue weighted by Gasteiger charge is 2.29. The first-order valence-corrected chi connectivity index (χ1v) is 11.0. The van der Waals surface area contributed by atoms with E-state index in [9.17, 15) is 13.2 Å². The van der Waals surface area contributed by atoms with Gasteiger partial charge >= 0.3 is 6.18 Å². The maximum absolute atomic E-state index is 12.6. The summed E-state index contributed by atoms with van der Waals surface area (Å²) in [5, 5.41) is 3.07. The van der Waals surface area contributed by atoms with Gasteiger partial charge in [-0.15, -0.1) is 11.3 Å². The van der Waals surface area contributed by atoms with Gasteiger partial charge in [-0.05, 0) is 48.5 Å². The van der Waals surface area contributed by atoms with E-state index in [-0.39, 0.29) is 0 Å². The van der Waals surface area contributed by atoms with Crippen LogP contribution in [-0.2, 0) is 6.18 Å². The molecule has 0 unspecified atom stereocenters. The third-order valence-electron chi connectivity index (χ3n) is 5.27. The summed E-state index contributed by atoms with van der Waals surface area (Å²) in [6.07, 6.45) is -4.32. The lowest BCUT2D eigenvalue weighted by Gasteiger charge is -2.33. The quantitative estimate of drug-likeness (QED) is 0.515. The van der Waals surface area contributed by atoms with Gasteiger partial charge in [0, 0.05) is 42.7 Å². The minimum absolute atomic E-state index is 0.587. The van der Waals surface area contributed by atoms with Gasteiger partial charge in [0.1, 0.15) is 5.75 Å². The minimum Gasteiger partial charge on any atom is -0.497 e. The fourth-order valence-corrected chi connectivity index (χ4v) is 4.29. The number of hydrogen-bond donors (Lipinski definition) is 0. The van der Waals surface area contributed by atoms with Crippen molar-refractivity contribution in [2.45, 2.75) is 6.18 Å². The Morgan fingerprint density at radius 2 is 1.69 bits per heavy atom. The van der Waals surface area contributed by atoms with Gasteiger partial charge < -0.3 is 9.64 Å². The summed E-state index contributed by atoms with van der Waals surface area (Å²) in [5.74, 6) is 6.84. The van der Waals surface area contributed by atoms with E-state index in [1.54, 1.807) is 18.4 Å². The van der Waals surface area contributed by atoms with Crippen molar-refractivity contribution in [3.05, 3.63) is 65.0 Å². The van der Waals surface area contributed by atoms with Crippen LogP contribution in [-0.4, -0.2) is 49.7 Å². The molecule has 32 heavy (non-hydrogen) atoms. The van der Waals surface area contributed by atoms with Gasteiger partial charge in [0.25, 0.3) is 0 Å². The molecule has 0 atom stereocenters. The van der Waals surface area contributed by atoms with Crippen LogP contribution < -0.4 is 9.64 Å². The summed E-state index contributed by atoms with van der Waals surface area (Å²) in [6.45, 7) is 4.02. The number of benzene rings is 2. The smallest absolute Gasteiger partial charge is 0.416 e. The van der Waals surface area contributed by atoms with Crippen molar-refractivity contribution in [3.63, 3.8) is 0 Å². The first-order chi connectivity index (χ1) is 15.4. The van der Waals surface area contributed by atoms with Crippen LogP contribution in [0.2, 0.25) is 0 Å².